The van der Waals surface area contributed by atoms with Crippen LogP contribution in [0.2, 0.25) is 18.1 Å². The van der Waals surface area contributed by atoms with Crippen molar-refractivity contribution < 1.29 is 13.6 Å². The van der Waals surface area contributed by atoms with Crippen LogP contribution in [0.4, 0.5) is 4.39 Å². The number of benzene rings is 1. The molecule has 1 fully saturated rings. The molecular weight excluding hydrogens is 419 g/mol. The molecule has 4 rings (SSSR count). The van der Waals surface area contributed by atoms with Crippen molar-refractivity contribution in [2.45, 2.75) is 64.6 Å². The Balaban J connectivity index is 1.71. The second-order valence-corrected chi connectivity index (χ2v) is 15.6. The molecule has 172 valence electrons. The predicted octanol–water partition coefficient (Wildman–Crippen LogP) is 6.67. The summed E-state index contributed by atoms with van der Waals surface area (Å²) < 4.78 is 27.6. The molecule has 2 aromatic rings. The smallest absolute Gasteiger partial charge is 0.192 e. The molecule has 0 radical (unpaired) electrons. The third-order valence-corrected chi connectivity index (χ3v) is 12.0. The van der Waals surface area contributed by atoms with E-state index >= 15 is 0 Å². The average molecular weight is 455 g/mol. The molecule has 1 unspecified atom stereocenters. The number of hydrogen-bond acceptors (Lipinski definition) is 3. The summed E-state index contributed by atoms with van der Waals surface area (Å²) in [5, 5.41) is 4.84. The van der Waals surface area contributed by atoms with Gasteiger partial charge in [-0.3, -0.25) is 0 Å². The molecule has 4 nitrogen and oxygen atoms in total. The summed E-state index contributed by atoms with van der Waals surface area (Å²) in [5.41, 5.74) is 5.91. The number of ether oxygens (including phenoxy) is 1. The van der Waals surface area contributed by atoms with E-state index in [1.54, 1.807) is 19.2 Å². The zero-order valence-corrected chi connectivity index (χ0v) is 21.2. The van der Waals surface area contributed by atoms with Crippen LogP contribution in [0.15, 0.2) is 47.9 Å². The SMILES string of the molecule is CO/C=C1\CCC2=Cc3c(cnn3-c3ccc(F)cc3)CC2(CO[Si](C)(C)C(C)(C)C)C1. The summed E-state index contributed by atoms with van der Waals surface area (Å²) in [6, 6.07) is 6.53. The molecule has 1 aromatic carbocycles. The first kappa shape index (κ1) is 23.0. The first-order valence-electron chi connectivity index (χ1n) is 11.4. The molecule has 0 amide bonds. The second-order valence-electron chi connectivity index (χ2n) is 10.8. The summed E-state index contributed by atoms with van der Waals surface area (Å²) in [4.78, 5) is 0. The Kier molecular flexibility index (Phi) is 5.97. The Morgan fingerprint density at radius 1 is 1.16 bits per heavy atom. The van der Waals surface area contributed by atoms with E-state index in [1.807, 2.05) is 17.1 Å². The van der Waals surface area contributed by atoms with Crippen LogP contribution in [0.1, 0.15) is 51.3 Å². The standard InChI is InChI=1S/C26H35FN2O2Si/c1-25(2,3)32(5,6)31-18-26-14-19(17-30-4)7-8-21(26)13-24-20(15-26)16-28-29(24)23-11-9-22(27)10-12-23/h9-13,16-17H,7-8,14-15,18H2,1-6H3/b19-17+. The van der Waals surface area contributed by atoms with Crippen molar-refractivity contribution in [1.29, 1.82) is 0 Å². The molecule has 32 heavy (non-hydrogen) atoms. The maximum Gasteiger partial charge on any atom is 0.192 e. The normalized spacial score (nSPS) is 22.3. The number of rotatable bonds is 5. The summed E-state index contributed by atoms with van der Waals surface area (Å²) in [7, 11) is -0.165. The molecule has 6 heteroatoms. The highest BCUT2D eigenvalue weighted by Gasteiger charge is 2.45. The monoisotopic (exact) mass is 454 g/mol. The van der Waals surface area contributed by atoms with Crippen molar-refractivity contribution in [3.05, 3.63) is 64.9 Å². The van der Waals surface area contributed by atoms with Gasteiger partial charge in [0.25, 0.3) is 0 Å². The van der Waals surface area contributed by atoms with Gasteiger partial charge in [0.1, 0.15) is 5.82 Å². The van der Waals surface area contributed by atoms with Crippen LogP contribution >= 0.6 is 0 Å². The van der Waals surface area contributed by atoms with Crippen molar-refractivity contribution in [3.8, 4) is 5.69 Å². The van der Waals surface area contributed by atoms with Crippen LogP contribution in [-0.4, -0.2) is 31.8 Å². The van der Waals surface area contributed by atoms with Crippen molar-refractivity contribution in [1.82, 2.24) is 9.78 Å². The van der Waals surface area contributed by atoms with E-state index in [-0.39, 0.29) is 16.3 Å². The molecule has 0 aliphatic heterocycles. The van der Waals surface area contributed by atoms with Gasteiger partial charge in [0.15, 0.2) is 8.32 Å². The van der Waals surface area contributed by atoms with Crippen molar-refractivity contribution in [2.24, 2.45) is 5.41 Å². The Morgan fingerprint density at radius 3 is 2.53 bits per heavy atom. The van der Waals surface area contributed by atoms with Gasteiger partial charge in [-0.25, -0.2) is 9.07 Å². The molecule has 2 aliphatic carbocycles. The van der Waals surface area contributed by atoms with E-state index in [0.29, 0.717) is 0 Å². The zero-order chi connectivity index (χ0) is 23.1. The summed E-state index contributed by atoms with van der Waals surface area (Å²) in [6.07, 6.45) is 10.0. The summed E-state index contributed by atoms with van der Waals surface area (Å²) in [5.74, 6) is -0.236. The summed E-state index contributed by atoms with van der Waals surface area (Å²) in [6.45, 7) is 12.2. The van der Waals surface area contributed by atoms with Gasteiger partial charge in [0.2, 0.25) is 0 Å². The fraction of sp³-hybridized carbons (Fsp3) is 0.500. The lowest BCUT2D eigenvalue weighted by molar-refractivity contribution is 0.148. The second kappa shape index (κ2) is 8.30. The van der Waals surface area contributed by atoms with Gasteiger partial charge in [-0.2, -0.15) is 5.10 Å². The van der Waals surface area contributed by atoms with E-state index < -0.39 is 8.32 Å². The predicted molar refractivity (Wildman–Crippen MR) is 130 cm³/mol. The maximum absolute atomic E-state index is 13.4. The largest absolute Gasteiger partial charge is 0.504 e. The van der Waals surface area contributed by atoms with Crippen LogP contribution in [-0.2, 0) is 15.6 Å². The highest BCUT2D eigenvalue weighted by atomic mass is 28.4. The van der Waals surface area contributed by atoms with Gasteiger partial charge in [0, 0.05) is 12.0 Å². The highest BCUT2D eigenvalue weighted by molar-refractivity contribution is 6.74. The number of halogens is 1. The summed E-state index contributed by atoms with van der Waals surface area (Å²) >= 11 is 0. The van der Waals surface area contributed by atoms with E-state index in [9.17, 15) is 4.39 Å². The average Bonchev–Trinajstić information content (AvgIpc) is 3.13. The van der Waals surface area contributed by atoms with Crippen LogP contribution in [0.25, 0.3) is 11.8 Å². The van der Waals surface area contributed by atoms with Crippen LogP contribution < -0.4 is 0 Å². The van der Waals surface area contributed by atoms with Crippen molar-refractivity contribution in [2.75, 3.05) is 13.7 Å². The third-order valence-electron chi connectivity index (χ3n) is 7.56. The quantitative estimate of drug-likeness (QED) is 0.374. The van der Waals surface area contributed by atoms with Gasteiger partial charge < -0.3 is 9.16 Å². The van der Waals surface area contributed by atoms with Crippen molar-refractivity contribution >= 4 is 14.4 Å². The van der Waals surface area contributed by atoms with Crippen LogP contribution in [0, 0.1) is 11.2 Å². The minimum Gasteiger partial charge on any atom is -0.504 e. The molecular formula is C26H35FN2O2Si. The Bertz CT molecular complexity index is 1050. The number of nitrogens with zero attached hydrogens (tertiary/aromatic N) is 2. The lowest BCUT2D eigenvalue weighted by Gasteiger charge is -2.46. The molecule has 1 atom stereocenters. The molecule has 1 aromatic heterocycles. The van der Waals surface area contributed by atoms with Gasteiger partial charge in [-0.1, -0.05) is 26.3 Å². The Hall–Kier alpha value is -2.18. The van der Waals surface area contributed by atoms with E-state index in [4.69, 9.17) is 9.16 Å². The van der Waals surface area contributed by atoms with Crippen LogP contribution in [0.5, 0.6) is 0 Å². The Morgan fingerprint density at radius 2 is 1.88 bits per heavy atom. The first-order chi connectivity index (χ1) is 15.0. The minimum atomic E-state index is -1.89. The number of methoxy groups -OCH3 is 1. The first-order valence-corrected chi connectivity index (χ1v) is 14.3. The van der Waals surface area contributed by atoms with E-state index in [2.05, 4.69) is 45.0 Å². The number of fused-ring (bicyclic) bond motifs is 2. The Labute approximate surface area is 192 Å². The molecule has 2 aliphatic rings. The molecule has 1 saturated carbocycles. The van der Waals surface area contributed by atoms with E-state index in [1.165, 1.54) is 28.8 Å². The zero-order valence-electron chi connectivity index (χ0n) is 20.2. The van der Waals surface area contributed by atoms with Gasteiger partial charge in [-0.05, 0) is 85.3 Å². The lowest BCUT2D eigenvalue weighted by atomic mass is 9.63. The molecule has 0 bridgehead atoms. The fourth-order valence-corrected chi connectivity index (χ4v) is 5.66. The van der Waals surface area contributed by atoms with Gasteiger partial charge in [0.05, 0.1) is 31.0 Å². The van der Waals surface area contributed by atoms with Crippen LogP contribution in [0.3, 0.4) is 0 Å². The number of aromatic nitrogens is 2. The molecule has 0 spiro atoms. The highest BCUT2D eigenvalue weighted by Crippen LogP contribution is 2.51. The number of hydrogen-bond donors (Lipinski definition) is 0. The van der Waals surface area contributed by atoms with E-state index in [0.717, 1.165) is 43.7 Å². The fourth-order valence-electron chi connectivity index (χ4n) is 4.59. The molecule has 0 saturated heterocycles. The molecule has 1 heterocycles. The lowest BCUT2D eigenvalue weighted by Crippen LogP contribution is -2.46. The minimum absolute atomic E-state index is 0.0677. The number of allylic oxidation sites excluding steroid dienone is 1. The van der Waals surface area contributed by atoms with Gasteiger partial charge >= 0.3 is 0 Å². The maximum atomic E-state index is 13.4. The molecule has 0 N–H and O–H groups in total. The third kappa shape index (κ3) is 4.22. The van der Waals surface area contributed by atoms with Gasteiger partial charge in [-0.15, -0.1) is 0 Å². The topological polar surface area (TPSA) is 36.3 Å². The van der Waals surface area contributed by atoms with Crippen molar-refractivity contribution in [3.63, 3.8) is 0 Å².